The lowest BCUT2D eigenvalue weighted by Crippen LogP contribution is -2.35. The molecular weight excluding hydrogens is 384 g/mol. The maximum atomic E-state index is 12.4. The lowest BCUT2D eigenvalue weighted by Gasteiger charge is -2.24. The molecule has 0 aliphatic carbocycles. The first-order valence-electron chi connectivity index (χ1n) is 8.70. The summed E-state index contributed by atoms with van der Waals surface area (Å²) in [5.74, 6) is -0.621. The van der Waals surface area contributed by atoms with Crippen molar-refractivity contribution in [3.05, 3.63) is 40.7 Å². The molecule has 1 aliphatic heterocycles. The van der Waals surface area contributed by atoms with Crippen molar-refractivity contribution in [2.24, 2.45) is 0 Å². The van der Waals surface area contributed by atoms with Gasteiger partial charge in [-0.1, -0.05) is 11.6 Å². The molecule has 0 saturated carbocycles. The van der Waals surface area contributed by atoms with Crippen LogP contribution in [0, 0.1) is 0 Å². The quantitative estimate of drug-likeness (QED) is 0.774. The summed E-state index contributed by atoms with van der Waals surface area (Å²) in [5, 5.41) is 10.7. The van der Waals surface area contributed by atoms with E-state index in [0.29, 0.717) is 18.7 Å². The predicted molar refractivity (Wildman–Crippen MR) is 105 cm³/mol. The average Bonchev–Trinajstić information content (AvgIpc) is 3.03. The number of esters is 1. The Morgan fingerprint density at radius 1 is 1.21 bits per heavy atom. The number of carbonyl (C=O) groups is 2. The number of amides is 1. The van der Waals surface area contributed by atoms with Gasteiger partial charge in [-0.25, -0.2) is 9.59 Å². The van der Waals surface area contributed by atoms with Crippen LogP contribution < -0.4 is 10.2 Å². The topological polar surface area (TPSA) is 93.6 Å². The van der Waals surface area contributed by atoms with Crippen molar-refractivity contribution in [3.63, 3.8) is 0 Å². The molecule has 3 rings (SSSR count). The standard InChI is InChI=1S/C19H21ClN4O4/c1-19(2,3)28-18(26)24-8-7-11-9-12(5-6-14(11)24)21-13-10-15(20)22-23-16(13)17(25)27-4/h5-6,9-10H,7-8H2,1-4H3,(H,21,22). The second-order valence-corrected chi connectivity index (χ2v) is 7.66. The molecular formula is C19H21ClN4O4. The zero-order valence-corrected chi connectivity index (χ0v) is 16.8. The first-order valence-corrected chi connectivity index (χ1v) is 9.08. The zero-order valence-electron chi connectivity index (χ0n) is 16.1. The highest BCUT2D eigenvalue weighted by atomic mass is 35.5. The summed E-state index contributed by atoms with van der Waals surface area (Å²) in [6.45, 7) is 6.05. The van der Waals surface area contributed by atoms with Crippen LogP contribution in [-0.4, -0.2) is 41.5 Å². The van der Waals surface area contributed by atoms with Crippen molar-refractivity contribution in [1.82, 2.24) is 10.2 Å². The number of benzene rings is 1. The van der Waals surface area contributed by atoms with Gasteiger partial charge in [-0.05, 0) is 51.0 Å². The number of aromatic nitrogens is 2. The third-order valence-corrected chi connectivity index (χ3v) is 4.20. The van der Waals surface area contributed by atoms with E-state index in [1.807, 2.05) is 32.9 Å². The van der Waals surface area contributed by atoms with Crippen molar-refractivity contribution in [3.8, 4) is 0 Å². The van der Waals surface area contributed by atoms with E-state index >= 15 is 0 Å². The number of hydrogen-bond donors (Lipinski definition) is 1. The Kier molecular flexibility index (Phi) is 5.42. The summed E-state index contributed by atoms with van der Waals surface area (Å²) < 4.78 is 10.2. The third kappa shape index (κ3) is 4.33. The molecule has 148 valence electrons. The second-order valence-electron chi connectivity index (χ2n) is 7.27. The Morgan fingerprint density at radius 2 is 1.96 bits per heavy atom. The molecule has 1 aromatic carbocycles. The molecule has 2 heterocycles. The van der Waals surface area contributed by atoms with E-state index in [1.165, 1.54) is 13.2 Å². The van der Waals surface area contributed by atoms with Crippen molar-refractivity contribution >= 4 is 40.7 Å². The minimum atomic E-state index is -0.621. The van der Waals surface area contributed by atoms with Gasteiger partial charge in [-0.15, -0.1) is 10.2 Å². The highest BCUT2D eigenvalue weighted by Crippen LogP contribution is 2.33. The number of methoxy groups -OCH3 is 1. The van der Waals surface area contributed by atoms with Gasteiger partial charge in [0.15, 0.2) is 10.8 Å². The molecule has 2 aromatic rings. The number of halogens is 1. The van der Waals surface area contributed by atoms with Crippen molar-refractivity contribution in [2.45, 2.75) is 32.8 Å². The minimum absolute atomic E-state index is 0.0304. The fourth-order valence-electron chi connectivity index (χ4n) is 2.85. The number of fused-ring (bicyclic) bond motifs is 1. The highest BCUT2D eigenvalue weighted by Gasteiger charge is 2.29. The Labute approximate surface area is 167 Å². The normalized spacial score (nSPS) is 13.1. The summed E-state index contributed by atoms with van der Waals surface area (Å²) in [6.07, 6.45) is 0.327. The largest absolute Gasteiger partial charge is 0.464 e. The number of rotatable bonds is 3. The summed E-state index contributed by atoms with van der Waals surface area (Å²) in [6, 6.07) is 7.05. The number of nitrogens with zero attached hydrogens (tertiary/aromatic N) is 3. The average molecular weight is 405 g/mol. The van der Waals surface area contributed by atoms with Gasteiger partial charge >= 0.3 is 12.1 Å². The molecule has 0 unspecified atom stereocenters. The number of ether oxygens (including phenoxy) is 2. The fraction of sp³-hybridized carbons (Fsp3) is 0.368. The fourth-order valence-corrected chi connectivity index (χ4v) is 3.00. The molecule has 1 amide bonds. The monoisotopic (exact) mass is 404 g/mol. The van der Waals surface area contributed by atoms with Crippen LogP contribution in [0.3, 0.4) is 0 Å². The van der Waals surface area contributed by atoms with Gasteiger partial charge < -0.3 is 14.8 Å². The summed E-state index contributed by atoms with van der Waals surface area (Å²) >= 11 is 5.91. The molecule has 0 saturated heterocycles. The molecule has 1 aliphatic rings. The van der Waals surface area contributed by atoms with Gasteiger partial charge in [-0.2, -0.15) is 0 Å². The number of nitrogens with one attached hydrogen (secondary N) is 1. The number of anilines is 3. The lowest BCUT2D eigenvalue weighted by molar-refractivity contribution is 0.0578. The molecule has 1 N–H and O–H groups in total. The van der Waals surface area contributed by atoms with Crippen LogP contribution in [0.2, 0.25) is 5.15 Å². The van der Waals surface area contributed by atoms with E-state index in [0.717, 1.165) is 16.9 Å². The van der Waals surface area contributed by atoms with Crippen molar-refractivity contribution in [1.29, 1.82) is 0 Å². The molecule has 0 atom stereocenters. The van der Waals surface area contributed by atoms with Crippen LogP contribution in [0.5, 0.6) is 0 Å². The minimum Gasteiger partial charge on any atom is -0.464 e. The first-order chi connectivity index (χ1) is 13.2. The van der Waals surface area contributed by atoms with E-state index in [2.05, 4.69) is 15.5 Å². The van der Waals surface area contributed by atoms with Crippen LogP contribution in [0.25, 0.3) is 0 Å². The molecule has 28 heavy (non-hydrogen) atoms. The Bertz CT molecular complexity index is 927. The van der Waals surface area contributed by atoms with Crippen molar-refractivity contribution < 1.29 is 19.1 Å². The highest BCUT2D eigenvalue weighted by molar-refractivity contribution is 6.29. The van der Waals surface area contributed by atoms with E-state index in [-0.39, 0.29) is 16.9 Å². The molecule has 8 nitrogen and oxygen atoms in total. The second kappa shape index (κ2) is 7.63. The summed E-state index contributed by atoms with van der Waals surface area (Å²) in [4.78, 5) is 25.9. The summed E-state index contributed by atoms with van der Waals surface area (Å²) in [7, 11) is 1.27. The van der Waals surface area contributed by atoms with Gasteiger partial charge in [0, 0.05) is 18.3 Å². The molecule has 1 aromatic heterocycles. The maximum Gasteiger partial charge on any atom is 0.414 e. The Hall–Kier alpha value is -2.87. The Balaban J connectivity index is 1.84. The lowest BCUT2D eigenvalue weighted by atomic mass is 10.1. The van der Waals surface area contributed by atoms with Crippen LogP contribution in [0.1, 0.15) is 36.8 Å². The van der Waals surface area contributed by atoms with Gasteiger partial charge in [0.05, 0.1) is 18.5 Å². The molecule has 0 fully saturated rings. The van der Waals surface area contributed by atoms with Gasteiger partial charge in [-0.3, -0.25) is 4.90 Å². The van der Waals surface area contributed by atoms with E-state index in [1.54, 1.807) is 11.0 Å². The van der Waals surface area contributed by atoms with E-state index < -0.39 is 11.6 Å². The number of carbonyl (C=O) groups excluding carboxylic acids is 2. The van der Waals surface area contributed by atoms with Crippen LogP contribution >= 0.6 is 11.6 Å². The zero-order chi connectivity index (χ0) is 20.5. The molecule has 0 radical (unpaired) electrons. The van der Waals surface area contributed by atoms with Crippen LogP contribution in [-0.2, 0) is 15.9 Å². The van der Waals surface area contributed by atoms with Crippen molar-refractivity contribution in [2.75, 3.05) is 23.9 Å². The van der Waals surface area contributed by atoms with Gasteiger partial charge in [0.2, 0.25) is 0 Å². The van der Waals surface area contributed by atoms with Crippen LogP contribution in [0.4, 0.5) is 21.9 Å². The molecule has 0 bridgehead atoms. The number of hydrogen-bond acceptors (Lipinski definition) is 7. The molecule has 0 spiro atoms. The summed E-state index contributed by atoms with van der Waals surface area (Å²) in [5.41, 5.74) is 2.37. The van der Waals surface area contributed by atoms with Gasteiger partial charge in [0.1, 0.15) is 5.60 Å². The SMILES string of the molecule is COC(=O)c1nnc(Cl)cc1Nc1ccc2c(c1)CCN2C(=O)OC(C)(C)C. The predicted octanol–water partition coefficient (Wildman–Crippen LogP) is 3.96. The first kappa shape index (κ1) is 19.9. The van der Waals surface area contributed by atoms with Crippen LogP contribution in [0.15, 0.2) is 24.3 Å². The third-order valence-electron chi connectivity index (χ3n) is 4.01. The molecule has 9 heteroatoms. The van der Waals surface area contributed by atoms with Gasteiger partial charge in [0.25, 0.3) is 0 Å². The maximum absolute atomic E-state index is 12.4. The Morgan fingerprint density at radius 3 is 2.64 bits per heavy atom. The smallest absolute Gasteiger partial charge is 0.414 e. The van der Waals surface area contributed by atoms with E-state index in [4.69, 9.17) is 21.1 Å². The van der Waals surface area contributed by atoms with E-state index in [9.17, 15) is 9.59 Å².